The molecule has 24 heavy (non-hydrogen) atoms. The van der Waals surface area contributed by atoms with Crippen LogP contribution in [-0.2, 0) is 11.3 Å². The van der Waals surface area contributed by atoms with Gasteiger partial charge < -0.3 is 15.5 Å². The molecule has 0 aliphatic heterocycles. The van der Waals surface area contributed by atoms with E-state index >= 15 is 0 Å². The summed E-state index contributed by atoms with van der Waals surface area (Å²) in [7, 11) is 3.52. The molecule has 1 aromatic heterocycles. The number of hydrogen-bond donors (Lipinski definition) is 2. The first-order valence-electron chi connectivity index (χ1n) is 8.85. The summed E-state index contributed by atoms with van der Waals surface area (Å²) >= 11 is 1.72. The van der Waals surface area contributed by atoms with E-state index in [4.69, 9.17) is 0 Å². The molecule has 6 heteroatoms. The van der Waals surface area contributed by atoms with Gasteiger partial charge in [-0.1, -0.05) is 32.3 Å². The van der Waals surface area contributed by atoms with Crippen molar-refractivity contribution in [3.8, 4) is 0 Å². The van der Waals surface area contributed by atoms with Crippen LogP contribution in [-0.4, -0.2) is 43.4 Å². The predicted molar refractivity (Wildman–Crippen MR) is 101 cm³/mol. The van der Waals surface area contributed by atoms with Gasteiger partial charge in [0, 0.05) is 25.0 Å². The Morgan fingerprint density at radius 1 is 1.42 bits per heavy atom. The van der Waals surface area contributed by atoms with Crippen LogP contribution in [0.2, 0.25) is 0 Å². The molecule has 0 radical (unpaired) electrons. The van der Waals surface area contributed by atoms with Gasteiger partial charge in [-0.25, -0.2) is 4.99 Å². The molecule has 1 heterocycles. The normalized spacial score (nSPS) is 21.4. The summed E-state index contributed by atoms with van der Waals surface area (Å²) in [5.41, 5.74) is 0. The van der Waals surface area contributed by atoms with Crippen LogP contribution in [0.15, 0.2) is 22.5 Å². The van der Waals surface area contributed by atoms with Crippen molar-refractivity contribution in [1.82, 2.24) is 15.5 Å². The van der Waals surface area contributed by atoms with Crippen LogP contribution in [0.25, 0.3) is 0 Å². The molecule has 0 saturated heterocycles. The van der Waals surface area contributed by atoms with Gasteiger partial charge in [0.1, 0.15) is 6.54 Å². The summed E-state index contributed by atoms with van der Waals surface area (Å²) in [6.45, 7) is 3.19. The molecule has 134 valence electrons. The molecule has 1 saturated carbocycles. The van der Waals surface area contributed by atoms with Crippen LogP contribution < -0.4 is 10.6 Å². The van der Waals surface area contributed by atoms with Crippen LogP contribution >= 0.6 is 11.3 Å². The summed E-state index contributed by atoms with van der Waals surface area (Å²) in [5, 5.41) is 9.00. The Morgan fingerprint density at radius 3 is 2.92 bits per heavy atom. The number of carbonyl (C=O) groups excluding carboxylic acids is 1. The van der Waals surface area contributed by atoms with Crippen molar-refractivity contribution < 1.29 is 4.79 Å². The van der Waals surface area contributed by atoms with Gasteiger partial charge in [0.15, 0.2) is 5.96 Å². The van der Waals surface area contributed by atoms with E-state index in [0.29, 0.717) is 6.04 Å². The molecule has 0 spiro atoms. The third-order valence-corrected chi connectivity index (χ3v) is 5.46. The molecule has 2 atom stereocenters. The minimum absolute atomic E-state index is 0.0160. The summed E-state index contributed by atoms with van der Waals surface area (Å²) in [5.74, 6) is 1.57. The maximum absolute atomic E-state index is 11.8. The van der Waals surface area contributed by atoms with Crippen LogP contribution in [0.3, 0.4) is 0 Å². The van der Waals surface area contributed by atoms with Crippen LogP contribution in [0.5, 0.6) is 0 Å². The molecule has 2 N–H and O–H groups in total. The average Bonchev–Trinajstić information content (AvgIpc) is 3.10. The highest BCUT2D eigenvalue weighted by Crippen LogP contribution is 2.26. The van der Waals surface area contributed by atoms with Crippen LogP contribution in [0.4, 0.5) is 0 Å². The lowest BCUT2D eigenvalue weighted by Crippen LogP contribution is -2.45. The van der Waals surface area contributed by atoms with Crippen LogP contribution in [0.1, 0.15) is 43.9 Å². The quantitative estimate of drug-likeness (QED) is 0.613. The predicted octanol–water partition coefficient (Wildman–Crippen LogP) is 2.84. The van der Waals surface area contributed by atoms with Crippen molar-refractivity contribution >= 4 is 23.2 Å². The number of amides is 1. The van der Waals surface area contributed by atoms with E-state index in [-0.39, 0.29) is 12.5 Å². The summed E-state index contributed by atoms with van der Waals surface area (Å²) in [6.07, 6.45) is 6.22. The van der Waals surface area contributed by atoms with Crippen molar-refractivity contribution in [3.63, 3.8) is 0 Å². The van der Waals surface area contributed by atoms with Gasteiger partial charge in [0.05, 0.1) is 6.54 Å². The number of aliphatic imine (C=N–C) groups is 1. The Morgan fingerprint density at radius 2 is 2.25 bits per heavy atom. The zero-order chi connectivity index (χ0) is 17.4. The smallest absolute Gasteiger partial charge is 0.243 e. The minimum atomic E-state index is 0.0160. The van der Waals surface area contributed by atoms with E-state index in [1.165, 1.54) is 37.0 Å². The van der Waals surface area contributed by atoms with Crippen molar-refractivity contribution in [2.24, 2.45) is 10.9 Å². The highest BCUT2D eigenvalue weighted by molar-refractivity contribution is 7.09. The Labute approximate surface area is 149 Å². The van der Waals surface area contributed by atoms with Crippen molar-refractivity contribution in [2.45, 2.75) is 51.6 Å². The lowest BCUT2D eigenvalue weighted by Gasteiger charge is -2.30. The maximum atomic E-state index is 11.8. The minimum Gasteiger partial charge on any atom is -0.354 e. The van der Waals surface area contributed by atoms with Crippen molar-refractivity contribution in [3.05, 3.63) is 22.4 Å². The number of likely N-dealkylation sites (N-methyl/N-ethyl adjacent to an activating group) is 1. The van der Waals surface area contributed by atoms with Gasteiger partial charge in [-0.2, -0.15) is 0 Å². The summed E-state index contributed by atoms with van der Waals surface area (Å²) < 4.78 is 0. The SMILES string of the molecule is CCC1CCCC(NC(=NCC(=O)N(C)C)NCc2cccs2)C1. The van der Waals surface area contributed by atoms with E-state index < -0.39 is 0 Å². The zero-order valence-corrected chi connectivity index (χ0v) is 15.9. The zero-order valence-electron chi connectivity index (χ0n) is 15.0. The number of thiophene rings is 1. The third kappa shape index (κ3) is 6.15. The first kappa shape index (κ1) is 18.8. The van der Waals surface area contributed by atoms with E-state index in [1.54, 1.807) is 30.3 Å². The third-order valence-electron chi connectivity index (χ3n) is 4.58. The number of nitrogens with one attached hydrogen (secondary N) is 2. The topological polar surface area (TPSA) is 56.7 Å². The Balaban J connectivity index is 1.95. The Bertz CT molecular complexity index is 527. The van der Waals surface area contributed by atoms with E-state index in [1.807, 2.05) is 0 Å². The average molecular weight is 351 g/mol. The van der Waals surface area contributed by atoms with Crippen LogP contribution in [0, 0.1) is 5.92 Å². The van der Waals surface area contributed by atoms with Crippen molar-refractivity contribution in [1.29, 1.82) is 0 Å². The van der Waals surface area contributed by atoms with Gasteiger partial charge in [0.2, 0.25) is 5.91 Å². The number of rotatable bonds is 6. The highest BCUT2D eigenvalue weighted by Gasteiger charge is 2.21. The largest absolute Gasteiger partial charge is 0.354 e. The van der Waals surface area contributed by atoms with E-state index in [9.17, 15) is 4.79 Å². The first-order chi connectivity index (χ1) is 11.6. The lowest BCUT2D eigenvalue weighted by molar-refractivity contribution is -0.127. The van der Waals surface area contributed by atoms with E-state index in [2.05, 4.69) is 40.1 Å². The fourth-order valence-corrected chi connectivity index (χ4v) is 3.66. The van der Waals surface area contributed by atoms with Gasteiger partial charge in [-0.3, -0.25) is 4.79 Å². The van der Waals surface area contributed by atoms with Gasteiger partial charge >= 0.3 is 0 Å². The molecule has 1 fully saturated rings. The number of hydrogen-bond acceptors (Lipinski definition) is 3. The summed E-state index contributed by atoms with van der Waals surface area (Å²) in [6, 6.07) is 4.61. The first-order valence-corrected chi connectivity index (χ1v) is 9.73. The fourth-order valence-electron chi connectivity index (χ4n) is 3.01. The molecule has 1 aromatic rings. The molecule has 2 rings (SSSR count). The van der Waals surface area contributed by atoms with E-state index in [0.717, 1.165) is 18.4 Å². The monoisotopic (exact) mass is 350 g/mol. The molecule has 1 amide bonds. The maximum Gasteiger partial charge on any atom is 0.243 e. The molecule has 0 bridgehead atoms. The van der Waals surface area contributed by atoms with Gasteiger partial charge in [-0.15, -0.1) is 11.3 Å². The molecule has 1 aliphatic rings. The second kappa shape index (κ2) is 9.67. The molecule has 1 aliphatic carbocycles. The molecular formula is C18H30N4OS. The van der Waals surface area contributed by atoms with Crippen molar-refractivity contribution in [2.75, 3.05) is 20.6 Å². The summed E-state index contributed by atoms with van der Waals surface area (Å²) in [4.78, 5) is 19.2. The highest BCUT2D eigenvalue weighted by atomic mass is 32.1. The Hall–Kier alpha value is -1.56. The van der Waals surface area contributed by atoms with Gasteiger partial charge in [-0.05, 0) is 30.2 Å². The fraction of sp³-hybridized carbons (Fsp3) is 0.667. The Kier molecular flexibility index (Phi) is 7.56. The molecule has 2 unspecified atom stereocenters. The number of carbonyl (C=O) groups is 1. The molecular weight excluding hydrogens is 320 g/mol. The second-order valence-electron chi connectivity index (χ2n) is 6.67. The second-order valence-corrected chi connectivity index (χ2v) is 7.70. The van der Waals surface area contributed by atoms with Gasteiger partial charge in [0.25, 0.3) is 0 Å². The standard InChI is InChI=1S/C18H30N4OS/c1-4-14-7-5-8-15(11-14)21-18(20-13-17(23)22(2)3)19-12-16-9-6-10-24-16/h6,9-10,14-15H,4-5,7-8,11-13H2,1-3H3,(H2,19,20,21). The molecule has 0 aromatic carbocycles. The lowest BCUT2D eigenvalue weighted by atomic mass is 9.84. The molecule has 5 nitrogen and oxygen atoms in total. The number of guanidine groups is 1. The number of nitrogens with zero attached hydrogens (tertiary/aromatic N) is 2.